The van der Waals surface area contributed by atoms with Crippen molar-refractivity contribution < 1.29 is 8.85 Å². The van der Waals surface area contributed by atoms with E-state index in [9.17, 15) is 0 Å². The van der Waals surface area contributed by atoms with Crippen LogP contribution in [0.1, 0.15) is 6.92 Å². The smallest absolute Gasteiger partial charge is 0.369 e. The van der Waals surface area contributed by atoms with E-state index in [1.54, 1.807) is 0 Å². The van der Waals surface area contributed by atoms with Gasteiger partial charge < -0.3 is 8.85 Å². The summed E-state index contributed by atoms with van der Waals surface area (Å²) in [4.78, 5) is 2.36. The monoisotopic (exact) mass is 225 g/mol. The van der Waals surface area contributed by atoms with Crippen molar-refractivity contribution in [3.63, 3.8) is 0 Å². The molecule has 2 aliphatic heterocycles. The van der Waals surface area contributed by atoms with Gasteiger partial charge in [0, 0.05) is 32.3 Å². The van der Waals surface area contributed by atoms with Crippen LogP contribution >= 0.6 is 0 Å². The van der Waals surface area contributed by atoms with Crippen LogP contribution in [-0.2, 0) is 8.85 Å². The van der Waals surface area contributed by atoms with Gasteiger partial charge in [-0.2, -0.15) is 0 Å². The van der Waals surface area contributed by atoms with E-state index in [0.29, 0.717) is 0 Å². The molecule has 84 valence electrons. The van der Waals surface area contributed by atoms with Crippen LogP contribution in [0.5, 0.6) is 0 Å². The summed E-state index contributed by atoms with van der Waals surface area (Å²) in [7, 11) is -1.99. The predicted molar refractivity (Wildman–Crippen MR) is 62.9 cm³/mol. The Bertz CT molecular complexity index is 255. The maximum absolute atomic E-state index is 5.98. The highest BCUT2D eigenvalue weighted by Crippen LogP contribution is 2.21. The lowest BCUT2D eigenvalue weighted by molar-refractivity contribution is 0.104. The second-order valence-corrected chi connectivity index (χ2v) is 6.88. The van der Waals surface area contributed by atoms with Gasteiger partial charge in [0.2, 0.25) is 0 Å². The molecule has 0 aromatic heterocycles. The van der Waals surface area contributed by atoms with Gasteiger partial charge in [0.15, 0.2) is 0 Å². The minimum Gasteiger partial charge on any atom is -0.390 e. The van der Waals surface area contributed by atoms with E-state index in [2.05, 4.69) is 35.8 Å². The van der Waals surface area contributed by atoms with Crippen molar-refractivity contribution in [2.45, 2.75) is 13.0 Å². The van der Waals surface area contributed by atoms with Crippen LogP contribution in [0.4, 0.5) is 0 Å². The largest absolute Gasteiger partial charge is 0.390 e. The molecule has 1 saturated heterocycles. The molecule has 0 bridgehead atoms. The molecule has 0 N–H and O–H groups in total. The van der Waals surface area contributed by atoms with E-state index < -0.39 is 8.56 Å². The highest BCUT2D eigenvalue weighted by molar-refractivity contribution is 6.73. The van der Waals surface area contributed by atoms with Crippen LogP contribution < -0.4 is 0 Å². The highest BCUT2D eigenvalue weighted by Gasteiger charge is 2.35. The summed E-state index contributed by atoms with van der Waals surface area (Å²) < 4.78 is 12.0. The van der Waals surface area contributed by atoms with Crippen molar-refractivity contribution in [2.75, 3.05) is 32.8 Å². The van der Waals surface area contributed by atoms with Crippen LogP contribution in [0.3, 0.4) is 0 Å². The van der Waals surface area contributed by atoms with E-state index in [4.69, 9.17) is 8.85 Å². The fraction of sp³-hybridized carbons (Fsp3) is 0.636. The fourth-order valence-electron chi connectivity index (χ4n) is 1.96. The van der Waals surface area contributed by atoms with E-state index >= 15 is 0 Å². The summed E-state index contributed by atoms with van der Waals surface area (Å²) in [6, 6.07) is 0.968. The molecular formula is C11H19NO2Si. The molecule has 2 heterocycles. The van der Waals surface area contributed by atoms with E-state index in [1.807, 2.05) is 0 Å². The van der Waals surface area contributed by atoms with Crippen LogP contribution in [0.2, 0.25) is 6.04 Å². The van der Waals surface area contributed by atoms with Crippen LogP contribution in [0, 0.1) is 0 Å². The number of nitrogens with zero attached hydrogens (tertiary/aromatic N) is 1. The lowest BCUT2D eigenvalue weighted by atomic mass is 10.5. The summed E-state index contributed by atoms with van der Waals surface area (Å²) in [6.07, 6.45) is 6.29. The van der Waals surface area contributed by atoms with E-state index in [1.165, 1.54) is 0 Å². The lowest BCUT2D eigenvalue weighted by Crippen LogP contribution is -2.47. The summed E-state index contributed by atoms with van der Waals surface area (Å²) >= 11 is 0. The number of hydrogen-bond acceptors (Lipinski definition) is 3. The number of likely N-dealkylation sites (N-methyl/N-ethyl adjacent to an activating group) is 1. The normalized spacial score (nSPS) is 26.5. The Balaban J connectivity index is 1.94. The Morgan fingerprint density at radius 2 is 1.93 bits per heavy atom. The van der Waals surface area contributed by atoms with Gasteiger partial charge in [0.1, 0.15) is 0 Å². The molecule has 0 aromatic rings. The van der Waals surface area contributed by atoms with Gasteiger partial charge in [0.05, 0.1) is 0 Å². The quantitative estimate of drug-likeness (QED) is 0.631. The third kappa shape index (κ3) is 2.78. The molecule has 15 heavy (non-hydrogen) atoms. The van der Waals surface area contributed by atoms with Crippen molar-refractivity contribution in [1.29, 1.82) is 0 Å². The zero-order valence-corrected chi connectivity index (χ0v) is 10.3. The zero-order valence-electron chi connectivity index (χ0n) is 9.32. The molecule has 0 amide bonds. The Morgan fingerprint density at radius 1 is 1.20 bits per heavy atom. The lowest BCUT2D eigenvalue weighted by Gasteiger charge is -2.33. The molecule has 0 radical (unpaired) electrons. The van der Waals surface area contributed by atoms with Crippen molar-refractivity contribution in [3.8, 4) is 0 Å². The molecule has 1 spiro atoms. The van der Waals surface area contributed by atoms with Gasteiger partial charge >= 0.3 is 8.56 Å². The van der Waals surface area contributed by atoms with Crippen LogP contribution in [-0.4, -0.2) is 46.3 Å². The second-order valence-electron chi connectivity index (χ2n) is 3.93. The minimum absolute atomic E-state index is 0.804. The van der Waals surface area contributed by atoms with Gasteiger partial charge in [0.25, 0.3) is 0 Å². The van der Waals surface area contributed by atoms with Gasteiger partial charge in [-0.15, -0.1) is 0 Å². The molecule has 0 atom stereocenters. The summed E-state index contributed by atoms with van der Waals surface area (Å²) in [5, 5.41) is 0. The summed E-state index contributed by atoms with van der Waals surface area (Å²) in [5.41, 5.74) is 2.16. The molecule has 0 unspecified atom stereocenters. The Kier molecular flexibility index (Phi) is 3.74. The van der Waals surface area contributed by atoms with Crippen molar-refractivity contribution >= 4 is 8.56 Å². The fourth-order valence-corrected chi connectivity index (χ4v) is 4.35. The SMILES string of the molecule is CCN1CCO[Si]2(C=CC=CC2)OCC1. The number of hydrogen-bond donors (Lipinski definition) is 0. The first kappa shape index (κ1) is 11.1. The number of allylic oxidation sites excluding steroid dienone is 3. The van der Waals surface area contributed by atoms with Gasteiger partial charge in [-0.25, -0.2) is 0 Å². The molecular weight excluding hydrogens is 206 g/mol. The third-order valence-electron chi connectivity index (χ3n) is 2.95. The minimum atomic E-state index is -1.99. The Labute approximate surface area is 92.6 Å². The first-order valence-corrected chi connectivity index (χ1v) is 7.79. The Morgan fingerprint density at radius 3 is 2.47 bits per heavy atom. The summed E-state index contributed by atoms with van der Waals surface area (Å²) in [6.45, 7) is 6.93. The first-order valence-electron chi connectivity index (χ1n) is 5.69. The van der Waals surface area contributed by atoms with Crippen LogP contribution in [0.25, 0.3) is 0 Å². The maximum Gasteiger partial charge on any atom is 0.369 e. The zero-order chi connectivity index (χ0) is 10.6. The van der Waals surface area contributed by atoms with Crippen molar-refractivity contribution in [1.82, 2.24) is 4.90 Å². The molecule has 4 heteroatoms. The number of rotatable bonds is 1. The average molecular weight is 225 g/mol. The second kappa shape index (κ2) is 5.07. The van der Waals surface area contributed by atoms with E-state index in [0.717, 1.165) is 38.9 Å². The predicted octanol–water partition coefficient (Wildman–Crippen LogP) is 1.46. The summed E-state index contributed by atoms with van der Waals surface area (Å²) in [5.74, 6) is 0. The molecule has 0 aromatic carbocycles. The standard InChI is InChI=1S/C11H19NO2Si/c1-2-12-6-8-13-15(14-9-7-12)10-4-3-5-11-15/h3-5,10H,2,6-9,11H2,1H3. The Hall–Kier alpha value is -0.423. The first-order chi connectivity index (χ1) is 7.35. The third-order valence-corrected chi connectivity index (χ3v) is 5.85. The van der Waals surface area contributed by atoms with Crippen molar-refractivity contribution in [2.24, 2.45) is 0 Å². The van der Waals surface area contributed by atoms with Crippen molar-refractivity contribution in [3.05, 3.63) is 23.9 Å². The molecule has 1 fully saturated rings. The average Bonchev–Trinajstić information content (AvgIpc) is 2.25. The van der Waals surface area contributed by atoms with Gasteiger partial charge in [-0.05, 0) is 12.2 Å². The van der Waals surface area contributed by atoms with Crippen LogP contribution in [0.15, 0.2) is 23.9 Å². The molecule has 0 aliphatic carbocycles. The molecule has 2 aliphatic rings. The molecule has 3 nitrogen and oxygen atoms in total. The van der Waals surface area contributed by atoms with E-state index in [-0.39, 0.29) is 0 Å². The molecule has 2 rings (SSSR count). The highest BCUT2D eigenvalue weighted by atomic mass is 28.4. The van der Waals surface area contributed by atoms with Gasteiger partial charge in [-0.3, -0.25) is 4.90 Å². The topological polar surface area (TPSA) is 21.7 Å². The van der Waals surface area contributed by atoms with Gasteiger partial charge in [-0.1, -0.05) is 25.2 Å². The maximum atomic E-state index is 5.98. The molecule has 0 saturated carbocycles.